The number of hydrogen-bond acceptors (Lipinski definition) is 7. The Labute approximate surface area is 241 Å². The summed E-state index contributed by atoms with van der Waals surface area (Å²) in [5.74, 6) is -2.12. The minimum Gasteiger partial charge on any atom is -0.478 e. The van der Waals surface area contributed by atoms with Crippen molar-refractivity contribution in [3.8, 4) is 0 Å². The summed E-state index contributed by atoms with van der Waals surface area (Å²) in [5.41, 5.74) is 1.49. The molecule has 0 aliphatic carbocycles. The molecule has 228 valence electrons. The molecule has 10 heteroatoms. The summed E-state index contributed by atoms with van der Waals surface area (Å²) in [4.78, 5) is 33.6. The van der Waals surface area contributed by atoms with E-state index < -0.39 is 11.9 Å². The molecule has 1 aromatic heterocycles. The number of unbranched alkanes of at least 4 members (excludes halogenated alkanes) is 6. The zero-order chi connectivity index (χ0) is 30.0. The van der Waals surface area contributed by atoms with Crippen LogP contribution in [0, 0.1) is 11.7 Å². The van der Waals surface area contributed by atoms with Crippen LogP contribution >= 0.6 is 0 Å². The zero-order valence-electron chi connectivity index (χ0n) is 24.4. The SMILES string of the molecule is CCCCCCCCCC(=O)OCC(C)CCN1CCC(c2noc3cc(F)ccc23)CC1.O=C(O)/C=C/C(=O)O. The van der Waals surface area contributed by atoms with Crippen molar-refractivity contribution in [3.63, 3.8) is 0 Å². The van der Waals surface area contributed by atoms with Crippen LogP contribution < -0.4 is 0 Å². The summed E-state index contributed by atoms with van der Waals surface area (Å²) in [6, 6.07) is 4.66. The quantitative estimate of drug-likeness (QED) is 0.129. The third-order valence-electron chi connectivity index (χ3n) is 7.26. The fourth-order valence-corrected chi connectivity index (χ4v) is 4.82. The molecule has 1 saturated heterocycles. The molecule has 1 fully saturated rings. The Morgan fingerprint density at radius 1 is 1.07 bits per heavy atom. The van der Waals surface area contributed by atoms with E-state index in [1.165, 1.54) is 44.2 Å². The zero-order valence-corrected chi connectivity index (χ0v) is 24.4. The lowest BCUT2D eigenvalue weighted by Gasteiger charge is -2.31. The van der Waals surface area contributed by atoms with Crippen LogP contribution in [0.25, 0.3) is 11.0 Å². The fraction of sp³-hybridized carbons (Fsp3) is 0.613. The van der Waals surface area contributed by atoms with Gasteiger partial charge in [-0.1, -0.05) is 57.5 Å². The van der Waals surface area contributed by atoms with Gasteiger partial charge >= 0.3 is 17.9 Å². The normalized spacial score (nSPS) is 15.0. The van der Waals surface area contributed by atoms with Crippen LogP contribution in [-0.4, -0.2) is 64.4 Å². The van der Waals surface area contributed by atoms with Crippen LogP contribution in [0.1, 0.15) is 96.1 Å². The Morgan fingerprint density at radius 3 is 2.34 bits per heavy atom. The maximum Gasteiger partial charge on any atom is 0.328 e. The second-order valence-electron chi connectivity index (χ2n) is 10.8. The average Bonchev–Trinajstić information content (AvgIpc) is 3.37. The molecule has 0 amide bonds. The van der Waals surface area contributed by atoms with Gasteiger partial charge in [0.2, 0.25) is 0 Å². The van der Waals surface area contributed by atoms with Gasteiger partial charge in [0, 0.05) is 35.9 Å². The summed E-state index contributed by atoms with van der Waals surface area (Å²) in [7, 11) is 0. The highest BCUT2D eigenvalue weighted by molar-refractivity contribution is 5.89. The highest BCUT2D eigenvalue weighted by Gasteiger charge is 2.25. The van der Waals surface area contributed by atoms with Crippen LogP contribution in [0.15, 0.2) is 34.9 Å². The van der Waals surface area contributed by atoms with Crippen LogP contribution in [0.4, 0.5) is 4.39 Å². The molecule has 1 atom stereocenters. The summed E-state index contributed by atoms with van der Waals surface area (Å²) in [6.45, 7) is 7.97. The second-order valence-corrected chi connectivity index (χ2v) is 10.8. The highest BCUT2D eigenvalue weighted by Crippen LogP contribution is 2.32. The summed E-state index contributed by atoms with van der Waals surface area (Å²) in [6.07, 6.45) is 13.2. The molecule has 2 N–H and O–H groups in total. The van der Waals surface area contributed by atoms with Gasteiger partial charge in [0.25, 0.3) is 0 Å². The Hall–Kier alpha value is -3.27. The fourth-order valence-electron chi connectivity index (χ4n) is 4.82. The number of rotatable bonds is 16. The molecule has 2 heterocycles. The largest absolute Gasteiger partial charge is 0.478 e. The van der Waals surface area contributed by atoms with Gasteiger partial charge < -0.3 is 24.4 Å². The third-order valence-corrected chi connectivity index (χ3v) is 7.26. The standard InChI is InChI=1S/C27H41FN2O3.C4H4O4/c1-3-4-5-6-7-8-9-10-26(31)32-20-21(2)13-16-30-17-14-22(15-18-30)27-24-12-11-23(28)19-25(24)33-29-27;5-3(6)1-2-4(7)8/h11-12,19,21-22H,3-10,13-18,20H2,1-2H3;1-2H,(H,5,6)(H,7,8)/b;2-1+. The number of piperidine rings is 1. The van der Waals surface area contributed by atoms with Crippen LogP contribution in [-0.2, 0) is 19.1 Å². The Kier molecular flexibility index (Phi) is 15.7. The van der Waals surface area contributed by atoms with Crippen LogP contribution in [0.3, 0.4) is 0 Å². The van der Waals surface area contributed by atoms with Crippen LogP contribution in [0.2, 0.25) is 0 Å². The van der Waals surface area contributed by atoms with Gasteiger partial charge in [-0.3, -0.25) is 4.79 Å². The summed E-state index contributed by atoms with van der Waals surface area (Å²) in [5, 5.41) is 20.8. The average molecular weight is 577 g/mol. The van der Waals surface area contributed by atoms with E-state index in [4.69, 9.17) is 19.5 Å². The number of carbonyl (C=O) groups is 3. The van der Waals surface area contributed by atoms with Gasteiger partial charge in [-0.05, 0) is 63.4 Å². The number of carbonyl (C=O) groups excluding carboxylic acids is 1. The maximum absolute atomic E-state index is 13.4. The van der Waals surface area contributed by atoms with E-state index in [1.807, 2.05) is 0 Å². The first-order valence-corrected chi connectivity index (χ1v) is 14.8. The number of benzene rings is 1. The third kappa shape index (κ3) is 13.8. The van der Waals surface area contributed by atoms with E-state index in [2.05, 4.69) is 23.9 Å². The van der Waals surface area contributed by atoms with Crippen molar-refractivity contribution in [1.29, 1.82) is 0 Å². The Balaban J connectivity index is 0.000000642. The first kappa shape index (κ1) is 33.9. The smallest absolute Gasteiger partial charge is 0.328 e. The molecular formula is C31H45FN2O7. The van der Waals surface area contributed by atoms with Gasteiger partial charge in [-0.15, -0.1) is 0 Å². The second kappa shape index (κ2) is 19.0. The maximum atomic E-state index is 13.4. The lowest BCUT2D eigenvalue weighted by atomic mass is 9.91. The van der Waals surface area contributed by atoms with Crippen molar-refractivity contribution in [1.82, 2.24) is 10.1 Å². The highest BCUT2D eigenvalue weighted by atomic mass is 19.1. The molecule has 2 aromatic rings. The predicted octanol–water partition coefficient (Wildman–Crippen LogP) is 6.57. The number of carboxylic acid groups (broad SMARTS) is 2. The predicted molar refractivity (Wildman–Crippen MR) is 154 cm³/mol. The molecule has 0 bridgehead atoms. The van der Waals surface area contributed by atoms with Crippen LogP contribution in [0.5, 0.6) is 0 Å². The molecule has 1 aliphatic rings. The molecule has 0 radical (unpaired) electrons. The number of hydrogen-bond donors (Lipinski definition) is 2. The number of esters is 1. The van der Waals surface area contributed by atoms with Crippen molar-refractivity contribution in [3.05, 3.63) is 41.9 Å². The summed E-state index contributed by atoms with van der Waals surface area (Å²) >= 11 is 0. The topological polar surface area (TPSA) is 130 Å². The molecule has 9 nitrogen and oxygen atoms in total. The Bertz CT molecular complexity index is 1090. The van der Waals surface area contributed by atoms with E-state index in [0.717, 1.165) is 62.8 Å². The number of nitrogens with zero attached hydrogens (tertiary/aromatic N) is 2. The van der Waals surface area contributed by atoms with E-state index >= 15 is 0 Å². The van der Waals surface area contributed by atoms with E-state index in [-0.39, 0.29) is 11.8 Å². The number of likely N-dealkylation sites (tertiary alicyclic amines) is 1. The van der Waals surface area contributed by atoms with Gasteiger partial charge in [-0.2, -0.15) is 0 Å². The van der Waals surface area contributed by atoms with E-state index in [1.54, 1.807) is 6.07 Å². The summed E-state index contributed by atoms with van der Waals surface area (Å²) < 4.78 is 24.2. The number of ether oxygens (including phenoxy) is 1. The first-order valence-electron chi connectivity index (χ1n) is 14.8. The van der Waals surface area contributed by atoms with Gasteiger partial charge in [0.15, 0.2) is 5.58 Å². The first-order chi connectivity index (χ1) is 19.7. The van der Waals surface area contributed by atoms with Gasteiger partial charge in [-0.25, -0.2) is 14.0 Å². The molecule has 41 heavy (non-hydrogen) atoms. The number of fused-ring (bicyclic) bond motifs is 1. The minimum atomic E-state index is -1.26. The van der Waals surface area contributed by atoms with E-state index in [9.17, 15) is 18.8 Å². The monoisotopic (exact) mass is 576 g/mol. The van der Waals surface area contributed by atoms with Crippen molar-refractivity contribution >= 4 is 28.9 Å². The Morgan fingerprint density at radius 2 is 1.71 bits per heavy atom. The molecule has 1 aromatic carbocycles. The number of halogens is 1. The van der Waals surface area contributed by atoms with Crippen molar-refractivity contribution in [2.24, 2.45) is 5.92 Å². The lowest BCUT2D eigenvalue weighted by molar-refractivity contribution is -0.145. The lowest BCUT2D eigenvalue weighted by Crippen LogP contribution is -2.34. The number of aliphatic carboxylic acids is 2. The number of carboxylic acids is 2. The minimum absolute atomic E-state index is 0.0454. The number of aromatic nitrogens is 1. The molecule has 0 spiro atoms. The molecule has 1 aliphatic heterocycles. The van der Waals surface area contributed by atoms with Crippen molar-refractivity contribution in [2.75, 3.05) is 26.2 Å². The van der Waals surface area contributed by atoms with E-state index in [0.29, 0.717) is 42.6 Å². The molecule has 3 rings (SSSR count). The molecular weight excluding hydrogens is 531 g/mol. The van der Waals surface area contributed by atoms with Crippen molar-refractivity contribution in [2.45, 2.75) is 90.4 Å². The molecule has 1 unspecified atom stereocenters. The van der Waals surface area contributed by atoms with Gasteiger partial charge in [0.1, 0.15) is 5.82 Å². The van der Waals surface area contributed by atoms with Gasteiger partial charge in [0.05, 0.1) is 12.3 Å². The molecule has 0 saturated carbocycles. The van der Waals surface area contributed by atoms with Crippen molar-refractivity contribution < 1.29 is 38.2 Å².